The van der Waals surface area contributed by atoms with E-state index in [0.29, 0.717) is 11.4 Å². The van der Waals surface area contributed by atoms with Gasteiger partial charge in [0, 0.05) is 11.1 Å². The summed E-state index contributed by atoms with van der Waals surface area (Å²) in [6.45, 7) is 0. The van der Waals surface area contributed by atoms with Crippen molar-refractivity contribution >= 4 is 0 Å². The van der Waals surface area contributed by atoms with Gasteiger partial charge in [-0.15, -0.1) is 0 Å². The topological polar surface area (TPSA) is 25.8 Å². The van der Waals surface area contributed by atoms with Crippen LogP contribution in [0.4, 0.5) is 0 Å². The summed E-state index contributed by atoms with van der Waals surface area (Å²) >= 11 is 0. The highest BCUT2D eigenvalue weighted by Gasteiger charge is 2.02. The number of aromatic nitrogens is 2. The van der Waals surface area contributed by atoms with E-state index >= 15 is 0 Å². The molecule has 4 aromatic rings. The molecule has 2 aromatic heterocycles. The maximum Gasteiger partial charge on any atom is 0.114 e. The first-order valence-corrected chi connectivity index (χ1v) is 8.95. The summed E-state index contributed by atoms with van der Waals surface area (Å²) in [6, 6.07) is 31.3. The van der Waals surface area contributed by atoms with Gasteiger partial charge in [0.2, 0.25) is 0 Å². The minimum Gasteiger partial charge on any atom is -0.238 e. The highest BCUT2D eigenvalue weighted by molar-refractivity contribution is 5.57. The van der Waals surface area contributed by atoms with Crippen LogP contribution in [0.5, 0.6) is 0 Å². The summed E-state index contributed by atoms with van der Waals surface area (Å²) in [5.41, 5.74) is 4.91. The third kappa shape index (κ3) is 4.52. The summed E-state index contributed by atoms with van der Waals surface area (Å²) < 4.78 is 0. The average molecular weight is 356 g/mol. The lowest BCUT2D eigenvalue weighted by molar-refractivity contribution is 1.21. The predicted molar refractivity (Wildman–Crippen MR) is 112 cm³/mol. The molecule has 0 saturated heterocycles. The zero-order valence-electron chi connectivity index (χ0n) is 15.1. The van der Waals surface area contributed by atoms with E-state index in [1.54, 1.807) is 0 Å². The van der Waals surface area contributed by atoms with Gasteiger partial charge in [-0.25, -0.2) is 9.97 Å². The molecule has 0 radical (unpaired) electrons. The summed E-state index contributed by atoms with van der Waals surface area (Å²) in [6.07, 6.45) is 0. The smallest absolute Gasteiger partial charge is 0.114 e. The van der Waals surface area contributed by atoms with Crippen molar-refractivity contribution in [3.63, 3.8) is 0 Å². The van der Waals surface area contributed by atoms with Crippen molar-refractivity contribution in [1.29, 1.82) is 0 Å². The van der Waals surface area contributed by atoms with Crippen LogP contribution in [0.1, 0.15) is 22.5 Å². The van der Waals surface area contributed by atoms with Crippen LogP contribution in [0, 0.1) is 23.7 Å². The van der Waals surface area contributed by atoms with Gasteiger partial charge in [-0.2, -0.15) is 0 Å². The molecule has 130 valence electrons. The van der Waals surface area contributed by atoms with E-state index < -0.39 is 0 Å². The maximum absolute atomic E-state index is 4.63. The van der Waals surface area contributed by atoms with Gasteiger partial charge in [0.25, 0.3) is 0 Å². The molecule has 0 bridgehead atoms. The number of benzene rings is 2. The van der Waals surface area contributed by atoms with Gasteiger partial charge in [-0.05, 0) is 60.4 Å². The van der Waals surface area contributed by atoms with Crippen LogP contribution in [-0.2, 0) is 0 Å². The zero-order chi connectivity index (χ0) is 19.0. The van der Waals surface area contributed by atoms with Crippen LogP contribution >= 0.6 is 0 Å². The first-order chi connectivity index (χ1) is 13.9. The van der Waals surface area contributed by atoms with Gasteiger partial charge in [0.05, 0.1) is 11.4 Å². The Bertz CT molecular complexity index is 1110. The van der Waals surface area contributed by atoms with Crippen LogP contribution in [0.2, 0.25) is 0 Å². The Morgan fingerprint density at radius 1 is 0.393 bits per heavy atom. The second kappa shape index (κ2) is 8.49. The van der Waals surface area contributed by atoms with E-state index in [0.717, 1.165) is 22.5 Å². The molecule has 0 atom stereocenters. The van der Waals surface area contributed by atoms with E-state index in [1.165, 1.54) is 0 Å². The molecule has 0 saturated carbocycles. The molecule has 2 aromatic carbocycles. The molecule has 2 nitrogen and oxygen atoms in total. The molecule has 2 heteroatoms. The second-order valence-corrected chi connectivity index (χ2v) is 6.05. The third-order valence-corrected chi connectivity index (χ3v) is 3.98. The summed E-state index contributed by atoms with van der Waals surface area (Å²) in [5.74, 6) is 12.5. The molecule has 0 fully saturated rings. The molecule has 0 spiro atoms. The van der Waals surface area contributed by atoms with Crippen molar-refractivity contribution in [3.05, 3.63) is 120 Å². The lowest BCUT2D eigenvalue weighted by Gasteiger charge is -2.01. The van der Waals surface area contributed by atoms with Crippen LogP contribution in [0.3, 0.4) is 0 Å². The van der Waals surface area contributed by atoms with E-state index in [9.17, 15) is 0 Å². The number of hydrogen-bond donors (Lipinski definition) is 0. The first kappa shape index (κ1) is 17.3. The Morgan fingerprint density at radius 3 is 1.25 bits per heavy atom. The van der Waals surface area contributed by atoms with Crippen molar-refractivity contribution in [2.75, 3.05) is 0 Å². The normalized spacial score (nSPS) is 9.57. The minimum atomic E-state index is 0.712. The highest BCUT2D eigenvalue weighted by atomic mass is 14.8. The van der Waals surface area contributed by atoms with Gasteiger partial charge < -0.3 is 0 Å². The average Bonchev–Trinajstić information content (AvgIpc) is 2.78. The summed E-state index contributed by atoms with van der Waals surface area (Å²) in [7, 11) is 0. The van der Waals surface area contributed by atoms with Crippen LogP contribution in [-0.4, -0.2) is 9.97 Å². The highest BCUT2D eigenvalue weighted by Crippen LogP contribution is 2.15. The zero-order valence-corrected chi connectivity index (χ0v) is 15.1. The Balaban J connectivity index is 1.60. The van der Waals surface area contributed by atoms with E-state index in [4.69, 9.17) is 0 Å². The molecule has 28 heavy (non-hydrogen) atoms. The molecular weight excluding hydrogens is 340 g/mol. The van der Waals surface area contributed by atoms with Crippen molar-refractivity contribution in [3.8, 4) is 35.1 Å². The fourth-order valence-corrected chi connectivity index (χ4v) is 2.61. The van der Waals surface area contributed by atoms with Crippen molar-refractivity contribution in [2.45, 2.75) is 0 Å². The first-order valence-electron chi connectivity index (χ1n) is 8.95. The summed E-state index contributed by atoms with van der Waals surface area (Å²) in [5, 5.41) is 0. The molecule has 0 aliphatic heterocycles. The number of hydrogen-bond acceptors (Lipinski definition) is 2. The Morgan fingerprint density at radius 2 is 0.821 bits per heavy atom. The molecule has 0 aliphatic rings. The Hall–Kier alpha value is -4.14. The van der Waals surface area contributed by atoms with Crippen LogP contribution < -0.4 is 0 Å². The molecule has 0 unspecified atom stereocenters. The van der Waals surface area contributed by atoms with Gasteiger partial charge in [-0.3, -0.25) is 0 Å². The quantitative estimate of drug-likeness (QED) is 0.451. The SMILES string of the molecule is C(#Cc1cccc(-c2cccc(C#Cc3ccccc3)n2)n1)c1ccccc1. The molecule has 2 heterocycles. The van der Waals surface area contributed by atoms with E-state index in [1.807, 2.05) is 97.1 Å². The Labute approximate surface area is 165 Å². The number of rotatable bonds is 1. The Kier molecular flexibility index (Phi) is 5.24. The predicted octanol–water partition coefficient (Wildman–Crippen LogP) is 4.94. The van der Waals surface area contributed by atoms with E-state index in [2.05, 4.69) is 33.6 Å². The lowest BCUT2D eigenvalue weighted by atomic mass is 10.2. The fourth-order valence-electron chi connectivity index (χ4n) is 2.61. The van der Waals surface area contributed by atoms with Crippen molar-refractivity contribution in [1.82, 2.24) is 9.97 Å². The van der Waals surface area contributed by atoms with Gasteiger partial charge in [-0.1, -0.05) is 60.4 Å². The third-order valence-electron chi connectivity index (χ3n) is 3.98. The van der Waals surface area contributed by atoms with Gasteiger partial charge in [0.1, 0.15) is 11.4 Å². The van der Waals surface area contributed by atoms with Gasteiger partial charge in [0.15, 0.2) is 0 Å². The van der Waals surface area contributed by atoms with Crippen LogP contribution in [0.15, 0.2) is 97.1 Å². The van der Waals surface area contributed by atoms with Crippen molar-refractivity contribution in [2.24, 2.45) is 0 Å². The standard InChI is InChI=1S/C26H16N2/c1-3-9-21(10-4-1)17-19-23-13-7-15-25(27-23)26-16-8-14-24(28-26)20-18-22-11-5-2-6-12-22/h1-16H. The number of nitrogens with zero attached hydrogens (tertiary/aromatic N) is 2. The van der Waals surface area contributed by atoms with Crippen LogP contribution in [0.25, 0.3) is 11.4 Å². The molecule has 0 N–H and O–H groups in total. The molecule has 0 aliphatic carbocycles. The van der Waals surface area contributed by atoms with Gasteiger partial charge >= 0.3 is 0 Å². The monoisotopic (exact) mass is 356 g/mol. The van der Waals surface area contributed by atoms with E-state index in [-0.39, 0.29) is 0 Å². The largest absolute Gasteiger partial charge is 0.238 e. The van der Waals surface area contributed by atoms with Crippen molar-refractivity contribution < 1.29 is 0 Å². The minimum absolute atomic E-state index is 0.712. The molecular formula is C26H16N2. The number of pyridine rings is 2. The second-order valence-electron chi connectivity index (χ2n) is 6.05. The molecule has 0 amide bonds. The maximum atomic E-state index is 4.63. The lowest BCUT2D eigenvalue weighted by Crippen LogP contribution is -1.92. The fraction of sp³-hybridized carbons (Fsp3) is 0. The summed E-state index contributed by atoms with van der Waals surface area (Å²) in [4.78, 5) is 9.27. The molecule has 4 rings (SSSR count).